The lowest BCUT2D eigenvalue weighted by molar-refractivity contribution is -0.114. The van der Waals surface area contributed by atoms with Crippen molar-refractivity contribution in [2.24, 2.45) is 0 Å². The molecular formula is C20H27N3O3S. The van der Waals surface area contributed by atoms with Crippen molar-refractivity contribution in [2.75, 3.05) is 30.3 Å². The van der Waals surface area contributed by atoms with Gasteiger partial charge >= 0.3 is 0 Å². The van der Waals surface area contributed by atoms with Gasteiger partial charge in [0.05, 0.1) is 11.4 Å². The summed E-state index contributed by atoms with van der Waals surface area (Å²) in [5, 5.41) is 5.90. The van der Waals surface area contributed by atoms with Gasteiger partial charge in [0, 0.05) is 24.5 Å². The lowest BCUT2D eigenvalue weighted by Gasteiger charge is -2.19. The highest BCUT2D eigenvalue weighted by atomic mass is 32.2. The number of benzene rings is 2. The van der Waals surface area contributed by atoms with Crippen molar-refractivity contribution in [1.29, 1.82) is 0 Å². The topological polar surface area (TPSA) is 78.5 Å². The van der Waals surface area contributed by atoms with Gasteiger partial charge in [0.25, 0.3) is 0 Å². The first-order chi connectivity index (χ1) is 12.8. The summed E-state index contributed by atoms with van der Waals surface area (Å²) in [6.45, 7) is 8.36. The molecule has 0 heterocycles. The van der Waals surface area contributed by atoms with Crippen molar-refractivity contribution in [2.45, 2.75) is 32.6 Å². The van der Waals surface area contributed by atoms with Gasteiger partial charge in [-0.15, -0.1) is 0 Å². The van der Waals surface area contributed by atoms with E-state index in [1.165, 1.54) is 4.31 Å². The predicted octanol–water partition coefficient (Wildman–Crippen LogP) is 3.38. The van der Waals surface area contributed by atoms with Gasteiger partial charge in [-0.2, -0.15) is 4.31 Å². The molecule has 0 spiro atoms. The van der Waals surface area contributed by atoms with E-state index in [0.717, 1.165) is 16.8 Å². The summed E-state index contributed by atoms with van der Waals surface area (Å²) in [6, 6.07) is 12.4. The molecule has 6 nitrogen and oxygen atoms in total. The summed E-state index contributed by atoms with van der Waals surface area (Å²) in [4.78, 5) is 12.5. The number of nitrogens with zero attached hydrogens (tertiary/aromatic N) is 1. The summed E-state index contributed by atoms with van der Waals surface area (Å²) in [5.41, 5.74) is 3.38. The second-order valence-corrected chi connectivity index (χ2v) is 8.22. The molecule has 2 rings (SSSR count). The van der Waals surface area contributed by atoms with Crippen LogP contribution in [0.15, 0.2) is 47.4 Å². The van der Waals surface area contributed by atoms with Crippen molar-refractivity contribution in [3.8, 4) is 0 Å². The number of hydrogen-bond donors (Lipinski definition) is 2. The Labute approximate surface area is 161 Å². The Balaban J connectivity index is 2.08. The Bertz CT molecular complexity index is 886. The molecule has 0 atom stereocenters. The smallest absolute Gasteiger partial charge is 0.243 e. The van der Waals surface area contributed by atoms with Gasteiger partial charge in [-0.05, 0) is 43.2 Å². The van der Waals surface area contributed by atoms with Crippen molar-refractivity contribution in [1.82, 2.24) is 4.31 Å². The van der Waals surface area contributed by atoms with Crippen molar-refractivity contribution >= 4 is 27.3 Å². The minimum absolute atomic E-state index is 0.0442. The third-order valence-electron chi connectivity index (χ3n) is 4.38. The van der Waals surface area contributed by atoms with E-state index < -0.39 is 10.0 Å². The molecule has 0 fully saturated rings. The molecular weight excluding hydrogens is 362 g/mol. The van der Waals surface area contributed by atoms with Gasteiger partial charge in [-0.25, -0.2) is 8.42 Å². The van der Waals surface area contributed by atoms with E-state index in [2.05, 4.69) is 10.6 Å². The summed E-state index contributed by atoms with van der Waals surface area (Å²) in [6.07, 6.45) is 0. The van der Waals surface area contributed by atoms with Crippen LogP contribution in [0.4, 0.5) is 11.4 Å². The Hall–Kier alpha value is -2.38. The van der Waals surface area contributed by atoms with Gasteiger partial charge in [0.15, 0.2) is 0 Å². The van der Waals surface area contributed by atoms with E-state index in [4.69, 9.17) is 0 Å². The fraction of sp³-hybridized carbons (Fsp3) is 0.350. The number of anilines is 2. The number of carbonyl (C=O) groups excluding carboxylic acids is 1. The fourth-order valence-electron chi connectivity index (χ4n) is 2.86. The Morgan fingerprint density at radius 1 is 1.00 bits per heavy atom. The summed E-state index contributed by atoms with van der Waals surface area (Å²) >= 11 is 0. The molecule has 0 saturated heterocycles. The van der Waals surface area contributed by atoms with Crippen LogP contribution in [-0.2, 0) is 14.8 Å². The maximum Gasteiger partial charge on any atom is 0.243 e. The first-order valence-electron chi connectivity index (χ1n) is 8.99. The molecule has 0 unspecified atom stereocenters. The van der Waals surface area contributed by atoms with E-state index in [1.807, 2.05) is 32.0 Å². The van der Waals surface area contributed by atoms with Gasteiger partial charge < -0.3 is 10.6 Å². The quantitative estimate of drug-likeness (QED) is 0.725. The third kappa shape index (κ3) is 5.08. The molecule has 0 aromatic heterocycles. The van der Waals surface area contributed by atoms with E-state index in [0.29, 0.717) is 18.8 Å². The van der Waals surface area contributed by atoms with Crippen LogP contribution in [0.3, 0.4) is 0 Å². The summed E-state index contributed by atoms with van der Waals surface area (Å²) in [5.74, 6) is -0.190. The molecule has 2 N–H and O–H groups in total. The number of carbonyl (C=O) groups is 1. The lowest BCUT2D eigenvalue weighted by Crippen LogP contribution is -2.30. The monoisotopic (exact) mass is 389 g/mol. The van der Waals surface area contributed by atoms with Crippen LogP contribution in [-0.4, -0.2) is 38.3 Å². The Morgan fingerprint density at radius 2 is 1.59 bits per heavy atom. The summed E-state index contributed by atoms with van der Waals surface area (Å²) < 4.78 is 26.6. The number of hydrogen-bond acceptors (Lipinski definition) is 4. The maximum atomic E-state index is 12.6. The first-order valence-corrected chi connectivity index (χ1v) is 10.4. The number of aryl methyl sites for hydroxylation is 2. The fourth-order valence-corrected chi connectivity index (χ4v) is 4.36. The van der Waals surface area contributed by atoms with E-state index >= 15 is 0 Å². The summed E-state index contributed by atoms with van der Waals surface area (Å²) in [7, 11) is -3.53. The SMILES string of the molecule is CCN(CC)S(=O)(=O)c1cccc(NCC(=O)Nc2c(C)cccc2C)c1. The molecule has 0 radical (unpaired) electrons. The Morgan fingerprint density at radius 3 is 2.19 bits per heavy atom. The van der Waals surface area contributed by atoms with Crippen molar-refractivity contribution in [3.63, 3.8) is 0 Å². The molecule has 0 aliphatic rings. The van der Waals surface area contributed by atoms with E-state index in [1.54, 1.807) is 38.1 Å². The standard InChI is InChI=1S/C20H27N3O3S/c1-5-23(6-2)27(25,26)18-12-8-11-17(13-18)21-14-19(24)22-20-15(3)9-7-10-16(20)4/h7-13,21H,5-6,14H2,1-4H3,(H,22,24). The molecule has 1 amide bonds. The minimum Gasteiger partial charge on any atom is -0.376 e. The second kappa shape index (κ2) is 9.01. The first kappa shape index (κ1) is 20.9. The van der Waals surface area contributed by atoms with Gasteiger partial charge in [-0.3, -0.25) is 4.79 Å². The maximum absolute atomic E-state index is 12.6. The van der Waals surface area contributed by atoms with Gasteiger partial charge in [0.1, 0.15) is 0 Å². The average molecular weight is 390 g/mol. The van der Waals surface area contributed by atoms with Crippen molar-refractivity contribution < 1.29 is 13.2 Å². The Kier molecular flexibility index (Phi) is 6.98. The van der Waals surface area contributed by atoms with E-state index in [-0.39, 0.29) is 17.3 Å². The number of para-hydroxylation sites is 1. The van der Waals surface area contributed by atoms with Crippen LogP contribution in [0.5, 0.6) is 0 Å². The number of amides is 1. The van der Waals surface area contributed by atoms with Crippen LogP contribution in [0, 0.1) is 13.8 Å². The highest BCUT2D eigenvalue weighted by Crippen LogP contribution is 2.21. The van der Waals surface area contributed by atoms with Crippen LogP contribution >= 0.6 is 0 Å². The highest BCUT2D eigenvalue weighted by Gasteiger charge is 2.21. The van der Waals surface area contributed by atoms with Crippen LogP contribution < -0.4 is 10.6 Å². The average Bonchev–Trinajstić information content (AvgIpc) is 2.64. The largest absolute Gasteiger partial charge is 0.376 e. The zero-order valence-corrected chi connectivity index (χ0v) is 17.1. The van der Waals surface area contributed by atoms with Crippen LogP contribution in [0.1, 0.15) is 25.0 Å². The third-order valence-corrected chi connectivity index (χ3v) is 6.42. The van der Waals surface area contributed by atoms with E-state index in [9.17, 15) is 13.2 Å². The molecule has 0 saturated carbocycles. The minimum atomic E-state index is -3.53. The molecule has 2 aromatic rings. The number of rotatable bonds is 8. The van der Waals surface area contributed by atoms with Gasteiger partial charge in [-0.1, -0.05) is 38.1 Å². The normalized spacial score (nSPS) is 11.4. The number of sulfonamides is 1. The van der Waals surface area contributed by atoms with Gasteiger partial charge in [0.2, 0.25) is 15.9 Å². The molecule has 27 heavy (non-hydrogen) atoms. The molecule has 0 aliphatic carbocycles. The van der Waals surface area contributed by atoms with Crippen molar-refractivity contribution in [3.05, 3.63) is 53.6 Å². The zero-order chi connectivity index (χ0) is 20.0. The molecule has 0 aliphatic heterocycles. The highest BCUT2D eigenvalue weighted by molar-refractivity contribution is 7.89. The molecule has 7 heteroatoms. The second-order valence-electron chi connectivity index (χ2n) is 6.29. The molecule has 2 aromatic carbocycles. The zero-order valence-electron chi connectivity index (χ0n) is 16.2. The predicted molar refractivity (Wildman–Crippen MR) is 110 cm³/mol. The lowest BCUT2D eigenvalue weighted by atomic mass is 10.1. The molecule has 146 valence electrons. The van der Waals surface area contributed by atoms with Crippen LogP contribution in [0.2, 0.25) is 0 Å². The molecule has 0 bridgehead atoms. The van der Waals surface area contributed by atoms with Crippen LogP contribution in [0.25, 0.3) is 0 Å². The number of nitrogens with one attached hydrogen (secondary N) is 2.